The lowest BCUT2D eigenvalue weighted by Crippen LogP contribution is -2.10. The first-order valence-corrected chi connectivity index (χ1v) is 5.86. The fourth-order valence-corrected chi connectivity index (χ4v) is 1.76. The Morgan fingerprint density at radius 1 is 1.11 bits per heavy atom. The standard InChI is InChI=1S/C12H9ClF3N3/c1-7-4-17-10(2-8(7)3-13)9-5-18-11(19-6-9)12(14,15)16/h2,4-6H,3H2,1H3. The molecule has 2 aromatic rings. The monoisotopic (exact) mass is 287 g/mol. The van der Waals surface area contributed by atoms with E-state index in [1.807, 2.05) is 6.92 Å². The number of hydrogen-bond donors (Lipinski definition) is 0. The summed E-state index contributed by atoms with van der Waals surface area (Å²) in [6, 6.07) is 1.72. The van der Waals surface area contributed by atoms with Gasteiger partial charge in [0, 0.05) is 30.0 Å². The summed E-state index contributed by atoms with van der Waals surface area (Å²) in [6.07, 6.45) is -0.720. The molecule has 0 spiro atoms. The van der Waals surface area contributed by atoms with Crippen molar-refractivity contribution in [3.63, 3.8) is 0 Å². The highest BCUT2D eigenvalue weighted by Gasteiger charge is 2.34. The number of aryl methyl sites for hydroxylation is 1. The van der Waals surface area contributed by atoms with Gasteiger partial charge in [-0.3, -0.25) is 4.98 Å². The van der Waals surface area contributed by atoms with Gasteiger partial charge in [-0.1, -0.05) is 0 Å². The highest BCUT2D eigenvalue weighted by atomic mass is 35.5. The van der Waals surface area contributed by atoms with E-state index in [1.165, 1.54) is 0 Å². The van der Waals surface area contributed by atoms with Crippen LogP contribution in [0, 0.1) is 6.92 Å². The predicted molar refractivity (Wildman–Crippen MR) is 64.6 cm³/mol. The first kappa shape index (κ1) is 13.7. The zero-order valence-electron chi connectivity index (χ0n) is 9.87. The fourth-order valence-electron chi connectivity index (χ4n) is 1.47. The first-order valence-electron chi connectivity index (χ1n) is 5.33. The van der Waals surface area contributed by atoms with Crippen molar-refractivity contribution in [1.82, 2.24) is 15.0 Å². The molecule has 100 valence electrons. The molecule has 0 radical (unpaired) electrons. The van der Waals surface area contributed by atoms with Crippen molar-refractivity contribution in [1.29, 1.82) is 0 Å². The van der Waals surface area contributed by atoms with E-state index in [2.05, 4.69) is 15.0 Å². The van der Waals surface area contributed by atoms with Crippen LogP contribution >= 0.6 is 11.6 Å². The van der Waals surface area contributed by atoms with Gasteiger partial charge in [0.25, 0.3) is 0 Å². The van der Waals surface area contributed by atoms with Gasteiger partial charge in [0.2, 0.25) is 5.82 Å². The summed E-state index contributed by atoms with van der Waals surface area (Å²) < 4.78 is 37.0. The van der Waals surface area contributed by atoms with E-state index in [4.69, 9.17) is 11.6 Å². The Labute approximate surface area is 112 Å². The maximum absolute atomic E-state index is 12.3. The average molecular weight is 288 g/mol. The summed E-state index contributed by atoms with van der Waals surface area (Å²) in [7, 11) is 0. The maximum atomic E-state index is 12.3. The van der Waals surface area contributed by atoms with Crippen LogP contribution in [-0.4, -0.2) is 15.0 Å². The fraction of sp³-hybridized carbons (Fsp3) is 0.250. The van der Waals surface area contributed by atoms with Crippen LogP contribution in [0.3, 0.4) is 0 Å². The van der Waals surface area contributed by atoms with Crippen LogP contribution in [0.15, 0.2) is 24.7 Å². The van der Waals surface area contributed by atoms with Gasteiger partial charge < -0.3 is 0 Å². The second-order valence-corrected chi connectivity index (χ2v) is 4.19. The molecular weight excluding hydrogens is 279 g/mol. The summed E-state index contributed by atoms with van der Waals surface area (Å²) in [5.74, 6) is -0.857. The topological polar surface area (TPSA) is 38.7 Å². The third-order valence-corrected chi connectivity index (χ3v) is 2.85. The molecule has 2 rings (SSSR count). The number of hydrogen-bond acceptors (Lipinski definition) is 3. The van der Waals surface area contributed by atoms with Crippen molar-refractivity contribution in [2.75, 3.05) is 0 Å². The normalized spacial score (nSPS) is 11.6. The van der Waals surface area contributed by atoms with E-state index in [-0.39, 0.29) is 0 Å². The van der Waals surface area contributed by atoms with E-state index >= 15 is 0 Å². The molecule has 0 saturated heterocycles. The van der Waals surface area contributed by atoms with Crippen molar-refractivity contribution in [2.45, 2.75) is 19.0 Å². The minimum atomic E-state index is -4.54. The molecule has 2 aromatic heterocycles. The molecule has 3 nitrogen and oxygen atoms in total. The summed E-state index contributed by atoms with van der Waals surface area (Å²) in [6.45, 7) is 1.86. The lowest BCUT2D eigenvalue weighted by atomic mass is 10.1. The van der Waals surface area contributed by atoms with Crippen LogP contribution in [0.25, 0.3) is 11.3 Å². The van der Waals surface area contributed by atoms with Crippen molar-refractivity contribution in [3.05, 3.63) is 41.6 Å². The molecule has 0 aliphatic rings. The van der Waals surface area contributed by atoms with Crippen LogP contribution in [0.1, 0.15) is 17.0 Å². The molecule has 0 aliphatic heterocycles. The number of pyridine rings is 1. The molecule has 0 aliphatic carbocycles. The zero-order valence-corrected chi connectivity index (χ0v) is 10.6. The molecule has 0 aromatic carbocycles. The van der Waals surface area contributed by atoms with Crippen molar-refractivity contribution < 1.29 is 13.2 Å². The summed E-state index contributed by atoms with van der Waals surface area (Å²) in [5, 5.41) is 0. The number of halogens is 4. The molecule has 0 bridgehead atoms. The molecular formula is C12H9ClF3N3. The quantitative estimate of drug-likeness (QED) is 0.792. The number of aromatic nitrogens is 3. The van der Waals surface area contributed by atoms with Crippen molar-refractivity contribution in [2.24, 2.45) is 0 Å². The van der Waals surface area contributed by atoms with E-state index in [0.717, 1.165) is 23.5 Å². The van der Waals surface area contributed by atoms with Crippen molar-refractivity contribution in [3.8, 4) is 11.3 Å². The molecule has 19 heavy (non-hydrogen) atoms. The van der Waals surface area contributed by atoms with Gasteiger partial charge in [-0.25, -0.2) is 9.97 Å². The molecule has 0 N–H and O–H groups in total. The lowest BCUT2D eigenvalue weighted by Gasteiger charge is -2.07. The molecule has 0 unspecified atom stereocenters. The minimum absolute atomic E-state index is 0.308. The number of rotatable bonds is 2. The van der Waals surface area contributed by atoms with Gasteiger partial charge in [-0.05, 0) is 24.1 Å². The van der Waals surface area contributed by atoms with Crippen LogP contribution in [0.2, 0.25) is 0 Å². The van der Waals surface area contributed by atoms with Gasteiger partial charge in [-0.2, -0.15) is 13.2 Å². The van der Waals surface area contributed by atoms with Crippen LogP contribution in [-0.2, 0) is 12.1 Å². The summed E-state index contributed by atoms with van der Waals surface area (Å²) in [5.41, 5.74) is 2.70. The maximum Gasteiger partial charge on any atom is 0.451 e. The SMILES string of the molecule is Cc1cnc(-c2cnc(C(F)(F)F)nc2)cc1CCl. The van der Waals surface area contributed by atoms with Gasteiger partial charge in [0.1, 0.15) is 0 Å². The Balaban J connectivity index is 2.37. The molecule has 2 heterocycles. The van der Waals surface area contributed by atoms with Gasteiger partial charge in [0.05, 0.1) is 5.69 Å². The lowest BCUT2D eigenvalue weighted by molar-refractivity contribution is -0.144. The minimum Gasteiger partial charge on any atom is -0.256 e. The molecule has 7 heteroatoms. The van der Waals surface area contributed by atoms with E-state index in [9.17, 15) is 13.2 Å². The Hall–Kier alpha value is -1.69. The number of nitrogens with zero attached hydrogens (tertiary/aromatic N) is 3. The molecule has 0 atom stereocenters. The second kappa shape index (κ2) is 5.13. The van der Waals surface area contributed by atoms with Crippen LogP contribution in [0.5, 0.6) is 0 Å². The highest BCUT2D eigenvalue weighted by Crippen LogP contribution is 2.27. The molecule has 0 fully saturated rings. The Bertz CT molecular complexity index is 582. The van der Waals surface area contributed by atoms with E-state index in [0.29, 0.717) is 17.1 Å². The van der Waals surface area contributed by atoms with Crippen LogP contribution < -0.4 is 0 Å². The average Bonchev–Trinajstić information content (AvgIpc) is 2.38. The number of alkyl halides is 4. The Morgan fingerprint density at radius 2 is 1.74 bits per heavy atom. The van der Waals surface area contributed by atoms with E-state index in [1.54, 1.807) is 12.3 Å². The Kier molecular flexibility index (Phi) is 3.71. The van der Waals surface area contributed by atoms with Crippen molar-refractivity contribution >= 4 is 11.6 Å². The molecule has 0 saturated carbocycles. The largest absolute Gasteiger partial charge is 0.451 e. The Morgan fingerprint density at radius 3 is 2.26 bits per heavy atom. The molecule has 0 amide bonds. The highest BCUT2D eigenvalue weighted by molar-refractivity contribution is 6.17. The van der Waals surface area contributed by atoms with E-state index < -0.39 is 12.0 Å². The van der Waals surface area contributed by atoms with Crippen LogP contribution in [0.4, 0.5) is 13.2 Å². The smallest absolute Gasteiger partial charge is 0.256 e. The second-order valence-electron chi connectivity index (χ2n) is 3.92. The van der Waals surface area contributed by atoms with Gasteiger partial charge in [0.15, 0.2) is 0 Å². The first-order chi connectivity index (χ1) is 8.91. The zero-order chi connectivity index (χ0) is 14.0. The van der Waals surface area contributed by atoms with Gasteiger partial charge >= 0.3 is 6.18 Å². The third-order valence-electron chi connectivity index (χ3n) is 2.56. The summed E-state index contributed by atoms with van der Waals surface area (Å²) >= 11 is 5.77. The van der Waals surface area contributed by atoms with Gasteiger partial charge in [-0.15, -0.1) is 11.6 Å². The predicted octanol–water partition coefficient (Wildman–Crippen LogP) is 3.60. The summed E-state index contributed by atoms with van der Waals surface area (Å²) in [4.78, 5) is 10.7. The third kappa shape index (κ3) is 3.01.